The van der Waals surface area contributed by atoms with Crippen LogP contribution in [-0.4, -0.2) is 53.6 Å². The quantitative estimate of drug-likeness (QED) is 0.654. The molecule has 1 aliphatic heterocycles. The monoisotopic (exact) mass is 423 g/mol. The van der Waals surface area contributed by atoms with E-state index >= 15 is 0 Å². The van der Waals surface area contributed by atoms with Crippen molar-refractivity contribution in [2.24, 2.45) is 11.3 Å². The van der Waals surface area contributed by atoms with Crippen LogP contribution in [0.4, 0.5) is 4.79 Å². The van der Waals surface area contributed by atoms with E-state index in [1.165, 1.54) is 5.56 Å². The zero-order valence-corrected chi connectivity index (χ0v) is 18.1. The van der Waals surface area contributed by atoms with Crippen molar-refractivity contribution in [3.05, 3.63) is 34.9 Å². The van der Waals surface area contributed by atoms with Gasteiger partial charge >= 0.3 is 12.0 Å². The molecule has 0 bridgehead atoms. The summed E-state index contributed by atoms with van der Waals surface area (Å²) in [5.74, 6) is -1.12. The van der Waals surface area contributed by atoms with Gasteiger partial charge in [0.15, 0.2) is 0 Å². The molecule has 3 amide bonds. The molecule has 0 aromatic heterocycles. The molecule has 29 heavy (non-hydrogen) atoms. The number of benzene rings is 1. The van der Waals surface area contributed by atoms with Gasteiger partial charge in [-0.15, -0.1) is 0 Å². The Kier molecular flexibility index (Phi) is 7.52. The number of hydrogen-bond acceptors (Lipinski definition) is 3. The SMILES string of the molecule is CC(C)[C@@H](NC(=O)NCC(=O)O)C(=O)N1CCC(c2ccc(Cl)cc2)C(C)(C)C1. The van der Waals surface area contributed by atoms with Gasteiger partial charge in [-0.05, 0) is 41.4 Å². The number of halogens is 1. The van der Waals surface area contributed by atoms with Crippen molar-refractivity contribution < 1.29 is 19.5 Å². The summed E-state index contributed by atoms with van der Waals surface area (Å²) in [7, 11) is 0. The number of hydrogen-bond donors (Lipinski definition) is 3. The number of likely N-dealkylation sites (tertiary alicyclic amines) is 1. The molecule has 1 aliphatic rings. The van der Waals surface area contributed by atoms with Crippen molar-refractivity contribution in [2.45, 2.75) is 46.1 Å². The first-order valence-electron chi connectivity index (χ1n) is 9.81. The van der Waals surface area contributed by atoms with Crippen molar-refractivity contribution in [3.63, 3.8) is 0 Å². The maximum Gasteiger partial charge on any atom is 0.323 e. The lowest BCUT2D eigenvalue weighted by molar-refractivity contribution is -0.137. The van der Waals surface area contributed by atoms with Crippen molar-refractivity contribution in [2.75, 3.05) is 19.6 Å². The van der Waals surface area contributed by atoms with Gasteiger partial charge in [0, 0.05) is 18.1 Å². The Bertz CT molecular complexity index is 749. The molecule has 3 N–H and O–H groups in total. The number of carboxylic acids is 1. The Morgan fingerprint density at radius 1 is 1.24 bits per heavy atom. The third-order valence-corrected chi connectivity index (χ3v) is 5.68. The molecule has 7 nitrogen and oxygen atoms in total. The first-order valence-corrected chi connectivity index (χ1v) is 10.2. The molecule has 2 rings (SSSR count). The van der Waals surface area contributed by atoms with Gasteiger partial charge in [-0.3, -0.25) is 9.59 Å². The fourth-order valence-corrected chi connectivity index (χ4v) is 4.04. The third-order valence-electron chi connectivity index (χ3n) is 5.43. The fourth-order valence-electron chi connectivity index (χ4n) is 3.92. The smallest absolute Gasteiger partial charge is 0.323 e. The molecule has 0 saturated carbocycles. The predicted octanol–water partition coefficient (Wildman–Crippen LogP) is 3.09. The van der Waals surface area contributed by atoms with Crippen molar-refractivity contribution in [3.8, 4) is 0 Å². The Balaban J connectivity index is 2.07. The molecular formula is C21H30ClN3O4. The molecule has 0 radical (unpaired) electrons. The minimum absolute atomic E-state index is 0.129. The van der Waals surface area contributed by atoms with Crippen LogP contribution in [0.25, 0.3) is 0 Å². The summed E-state index contributed by atoms with van der Waals surface area (Å²) < 4.78 is 0. The zero-order valence-electron chi connectivity index (χ0n) is 17.4. The van der Waals surface area contributed by atoms with Crippen LogP contribution in [0.15, 0.2) is 24.3 Å². The van der Waals surface area contributed by atoms with E-state index in [0.29, 0.717) is 24.0 Å². The van der Waals surface area contributed by atoms with Crippen LogP contribution in [-0.2, 0) is 9.59 Å². The zero-order chi connectivity index (χ0) is 21.8. The van der Waals surface area contributed by atoms with Gasteiger partial charge in [0.2, 0.25) is 5.91 Å². The number of nitrogens with zero attached hydrogens (tertiary/aromatic N) is 1. The Hall–Kier alpha value is -2.28. The second-order valence-electron chi connectivity index (χ2n) is 8.58. The maximum atomic E-state index is 13.1. The third kappa shape index (κ3) is 6.10. The number of carboxylic acid groups (broad SMARTS) is 1. The lowest BCUT2D eigenvalue weighted by Gasteiger charge is -2.45. The summed E-state index contributed by atoms with van der Waals surface area (Å²) in [4.78, 5) is 37.5. The number of carbonyl (C=O) groups excluding carboxylic acids is 2. The molecule has 160 valence electrons. The first kappa shape index (κ1) is 23.0. The summed E-state index contributed by atoms with van der Waals surface area (Å²) in [5.41, 5.74) is 1.06. The van der Waals surface area contributed by atoms with Gasteiger partial charge in [0.25, 0.3) is 0 Å². The Morgan fingerprint density at radius 2 is 1.86 bits per heavy atom. The van der Waals surface area contributed by atoms with Crippen LogP contribution in [0.2, 0.25) is 5.02 Å². The summed E-state index contributed by atoms with van der Waals surface area (Å²) in [6.07, 6.45) is 0.816. The van der Waals surface area contributed by atoms with Gasteiger partial charge in [-0.2, -0.15) is 0 Å². The molecule has 2 atom stereocenters. The van der Waals surface area contributed by atoms with Gasteiger partial charge in [-0.25, -0.2) is 4.79 Å². The molecule has 8 heteroatoms. The van der Waals surface area contributed by atoms with Crippen molar-refractivity contribution in [1.29, 1.82) is 0 Å². The minimum Gasteiger partial charge on any atom is -0.480 e. The van der Waals surface area contributed by atoms with Crippen LogP contribution in [0, 0.1) is 11.3 Å². The molecule has 1 heterocycles. The highest BCUT2D eigenvalue weighted by Gasteiger charge is 2.40. The second-order valence-corrected chi connectivity index (χ2v) is 9.02. The normalized spacial score (nSPS) is 19.5. The Morgan fingerprint density at radius 3 is 2.38 bits per heavy atom. The van der Waals surface area contributed by atoms with Crippen molar-refractivity contribution >= 4 is 29.5 Å². The average molecular weight is 424 g/mol. The molecule has 0 aliphatic carbocycles. The van der Waals surface area contributed by atoms with E-state index in [2.05, 4.69) is 24.5 Å². The van der Waals surface area contributed by atoms with Gasteiger partial charge in [0.05, 0.1) is 0 Å². The largest absolute Gasteiger partial charge is 0.480 e. The van der Waals surface area contributed by atoms with Gasteiger partial charge in [0.1, 0.15) is 12.6 Å². The number of rotatable bonds is 6. The van der Waals surface area contributed by atoms with Crippen LogP contribution in [0.1, 0.15) is 45.6 Å². The molecule has 0 spiro atoms. The van der Waals surface area contributed by atoms with Gasteiger partial charge in [-0.1, -0.05) is 51.4 Å². The van der Waals surface area contributed by atoms with Crippen LogP contribution in [0.3, 0.4) is 0 Å². The highest BCUT2D eigenvalue weighted by molar-refractivity contribution is 6.30. The number of aliphatic carboxylic acids is 1. The highest BCUT2D eigenvalue weighted by atomic mass is 35.5. The van der Waals surface area contributed by atoms with Gasteiger partial charge < -0.3 is 20.6 Å². The molecule has 1 unspecified atom stereocenters. The first-order chi connectivity index (χ1) is 13.5. The number of urea groups is 1. The van der Waals surface area contributed by atoms with Crippen LogP contribution in [0.5, 0.6) is 0 Å². The lowest BCUT2D eigenvalue weighted by atomic mass is 9.70. The van der Waals surface area contributed by atoms with E-state index in [1.54, 1.807) is 4.90 Å². The van der Waals surface area contributed by atoms with Crippen LogP contribution >= 0.6 is 11.6 Å². The molecule has 1 aromatic carbocycles. The van der Waals surface area contributed by atoms with Crippen molar-refractivity contribution in [1.82, 2.24) is 15.5 Å². The topological polar surface area (TPSA) is 98.7 Å². The average Bonchev–Trinajstić information content (AvgIpc) is 2.63. The number of amides is 3. The number of carbonyl (C=O) groups is 3. The fraction of sp³-hybridized carbons (Fsp3) is 0.571. The molecule has 1 saturated heterocycles. The van der Waals surface area contributed by atoms with E-state index in [9.17, 15) is 14.4 Å². The number of nitrogens with one attached hydrogen (secondary N) is 2. The number of piperidine rings is 1. The summed E-state index contributed by atoms with van der Waals surface area (Å²) >= 11 is 6.01. The summed E-state index contributed by atoms with van der Waals surface area (Å²) in [6.45, 7) is 8.66. The molecule has 1 aromatic rings. The summed E-state index contributed by atoms with van der Waals surface area (Å²) in [6, 6.07) is 6.48. The van der Waals surface area contributed by atoms with E-state index in [1.807, 2.05) is 38.1 Å². The lowest BCUT2D eigenvalue weighted by Crippen LogP contribution is -2.57. The van der Waals surface area contributed by atoms with E-state index in [-0.39, 0.29) is 17.2 Å². The minimum atomic E-state index is -1.14. The highest BCUT2D eigenvalue weighted by Crippen LogP contribution is 2.42. The Labute approximate surface area is 176 Å². The standard InChI is InChI=1S/C21H30ClN3O4/c1-13(2)18(24-20(29)23-11-17(26)27)19(28)25-10-9-16(21(3,4)12-25)14-5-7-15(22)8-6-14/h5-8,13,16,18H,9-12H2,1-4H3,(H,26,27)(H2,23,24,29)/t16?,18-/m1/s1. The van der Waals surface area contributed by atoms with E-state index in [4.69, 9.17) is 16.7 Å². The van der Waals surface area contributed by atoms with Crippen LogP contribution < -0.4 is 10.6 Å². The molecule has 1 fully saturated rings. The predicted molar refractivity (Wildman–Crippen MR) is 112 cm³/mol. The second kappa shape index (κ2) is 9.48. The van der Waals surface area contributed by atoms with E-state index < -0.39 is 24.6 Å². The summed E-state index contributed by atoms with van der Waals surface area (Å²) in [5, 5.41) is 14.3. The van der Waals surface area contributed by atoms with E-state index in [0.717, 1.165) is 6.42 Å². The maximum absolute atomic E-state index is 13.1. The molecular weight excluding hydrogens is 394 g/mol.